The summed E-state index contributed by atoms with van der Waals surface area (Å²) < 4.78 is 13.6. The number of halogens is 1. The van der Waals surface area contributed by atoms with E-state index in [1.807, 2.05) is 13.0 Å². The van der Waals surface area contributed by atoms with Crippen LogP contribution in [0.1, 0.15) is 34.5 Å². The summed E-state index contributed by atoms with van der Waals surface area (Å²) in [4.78, 5) is 11.4. The summed E-state index contributed by atoms with van der Waals surface area (Å²) in [6.45, 7) is 3.58. The highest BCUT2D eigenvalue weighted by atomic mass is 19.1. The lowest BCUT2D eigenvalue weighted by Crippen LogP contribution is -2.16. The van der Waals surface area contributed by atoms with Crippen molar-refractivity contribution >= 4 is 17.3 Å². The zero-order valence-electron chi connectivity index (χ0n) is 12.0. The predicted octanol–water partition coefficient (Wildman–Crippen LogP) is 2.99. The second-order valence-corrected chi connectivity index (χ2v) is 5.04. The first-order valence-electron chi connectivity index (χ1n) is 6.60. The van der Waals surface area contributed by atoms with Gasteiger partial charge in [-0.3, -0.25) is 4.79 Å². The number of amides is 1. The maximum Gasteiger partial charge on any atom is 0.250 e. The Labute approximate surface area is 123 Å². The van der Waals surface area contributed by atoms with E-state index in [1.165, 1.54) is 6.07 Å². The average Bonchev–Trinajstić information content (AvgIpc) is 2.41. The molecule has 1 unspecified atom stereocenters. The molecule has 5 heteroatoms. The van der Waals surface area contributed by atoms with E-state index in [4.69, 9.17) is 11.5 Å². The number of carbonyl (C=O) groups is 1. The third-order valence-electron chi connectivity index (χ3n) is 3.38. The standard InChI is InChI=1S/C16H18FN3O/c1-9-3-4-11(7-14(9)17)10(2)20-15-8-12(18)5-6-13(15)16(19)21/h3-8,10,20H,18H2,1-2H3,(H2,19,21). The molecule has 0 aliphatic carbocycles. The number of nitrogens with two attached hydrogens (primary N) is 2. The molecule has 0 aliphatic heterocycles. The first kappa shape index (κ1) is 14.8. The molecular weight excluding hydrogens is 269 g/mol. The molecule has 0 spiro atoms. The largest absolute Gasteiger partial charge is 0.399 e. The van der Waals surface area contributed by atoms with Gasteiger partial charge in [-0.15, -0.1) is 0 Å². The third-order valence-corrected chi connectivity index (χ3v) is 3.38. The molecule has 0 radical (unpaired) electrons. The van der Waals surface area contributed by atoms with E-state index in [0.717, 1.165) is 5.56 Å². The number of primary amides is 1. The van der Waals surface area contributed by atoms with Crippen LogP contribution in [0.5, 0.6) is 0 Å². The summed E-state index contributed by atoms with van der Waals surface area (Å²) in [7, 11) is 0. The highest BCUT2D eigenvalue weighted by Crippen LogP contribution is 2.25. The van der Waals surface area contributed by atoms with Crippen molar-refractivity contribution in [2.45, 2.75) is 19.9 Å². The van der Waals surface area contributed by atoms with Crippen molar-refractivity contribution in [3.05, 3.63) is 58.9 Å². The lowest BCUT2D eigenvalue weighted by molar-refractivity contribution is 0.100. The van der Waals surface area contributed by atoms with Gasteiger partial charge in [-0.25, -0.2) is 4.39 Å². The summed E-state index contributed by atoms with van der Waals surface area (Å²) in [6, 6.07) is 9.66. The van der Waals surface area contributed by atoms with Crippen LogP contribution in [-0.4, -0.2) is 5.91 Å². The van der Waals surface area contributed by atoms with Crippen molar-refractivity contribution in [3.63, 3.8) is 0 Å². The van der Waals surface area contributed by atoms with Gasteiger partial charge in [0, 0.05) is 17.4 Å². The number of hydrogen-bond donors (Lipinski definition) is 3. The Bertz CT molecular complexity index is 685. The minimum absolute atomic E-state index is 0.194. The molecule has 2 aromatic rings. The number of nitrogen functional groups attached to an aromatic ring is 1. The zero-order chi connectivity index (χ0) is 15.6. The summed E-state index contributed by atoms with van der Waals surface area (Å²) >= 11 is 0. The van der Waals surface area contributed by atoms with Crippen LogP contribution >= 0.6 is 0 Å². The minimum Gasteiger partial charge on any atom is -0.399 e. The van der Waals surface area contributed by atoms with Crippen LogP contribution in [0.15, 0.2) is 36.4 Å². The Balaban J connectivity index is 2.30. The molecule has 110 valence electrons. The van der Waals surface area contributed by atoms with Gasteiger partial charge in [-0.05, 0) is 49.2 Å². The molecule has 2 rings (SSSR count). The smallest absolute Gasteiger partial charge is 0.250 e. The average molecular weight is 287 g/mol. The molecule has 4 nitrogen and oxygen atoms in total. The number of carbonyl (C=O) groups excluding carboxylic acids is 1. The lowest BCUT2D eigenvalue weighted by Gasteiger charge is -2.18. The van der Waals surface area contributed by atoms with E-state index in [9.17, 15) is 9.18 Å². The Morgan fingerprint density at radius 1 is 1.24 bits per heavy atom. The molecule has 1 amide bonds. The Morgan fingerprint density at radius 2 is 1.95 bits per heavy atom. The number of benzene rings is 2. The molecular formula is C16H18FN3O. The quantitative estimate of drug-likeness (QED) is 0.756. The summed E-state index contributed by atoms with van der Waals surface area (Å²) in [5.74, 6) is -0.802. The fraction of sp³-hybridized carbons (Fsp3) is 0.188. The van der Waals surface area contributed by atoms with E-state index < -0.39 is 5.91 Å². The Morgan fingerprint density at radius 3 is 2.57 bits per heavy atom. The first-order chi connectivity index (χ1) is 9.88. The monoisotopic (exact) mass is 287 g/mol. The molecule has 0 aliphatic rings. The van der Waals surface area contributed by atoms with E-state index >= 15 is 0 Å². The predicted molar refractivity (Wildman–Crippen MR) is 82.5 cm³/mol. The summed E-state index contributed by atoms with van der Waals surface area (Å²) in [5.41, 5.74) is 13.8. The number of aryl methyl sites for hydroxylation is 1. The minimum atomic E-state index is -0.542. The highest BCUT2D eigenvalue weighted by molar-refractivity contribution is 5.99. The van der Waals surface area contributed by atoms with Crippen molar-refractivity contribution in [1.29, 1.82) is 0 Å². The number of hydrogen-bond acceptors (Lipinski definition) is 3. The van der Waals surface area contributed by atoms with Crippen molar-refractivity contribution in [2.24, 2.45) is 5.73 Å². The Hall–Kier alpha value is -2.56. The third kappa shape index (κ3) is 3.31. The van der Waals surface area contributed by atoms with Crippen LogP contribution in [0.25, 0.3) is 0 Å². The summed E-state index contributed by atoms with van der Waals surface area (Å²) in [5, 5.41) is 3.15. The normalized spacial score (nSPS) is 12.0. The molecule has 0 heterocycles. The summed E-state index contributed by atoms with van der Waals surface area (Å²) in [6.07, 6.45) is 0. The van der Waals surface area contributed by atoms with Crippen LogP contribution in [0, 0.1) is 12.7 Å². The van der Waals surface area contributed by atoms with Crippen LogP contribution in [0.2, 0.25) is 0 Å². The maximum absolute atomic E-state index is 13.6. The number of anilines is 2. The fourth-order valence-corrected chi connectivity index (χ4v) is 2.09. The van der Waals surface area contributed by atoms with Crippen molar-refractivity contribution in [2.75, 3.05) is 11.1 Å². The zero-order valence-corrected chi connectivity index (χ0v) is 12.0. The molecule has 21 heavy (non-hydrogen) atoms. The lowest BCUT2D eigenvalue weighted by atomic mass is 10.0. The van der Waals surface area contributed by atoms with Crippen LogP contribution < -0.4 is 16.8 Å². The molecule has 1 atom stereocenters. The van der Waals surface area contributed by atoms with Gasteiger partial charge in [0.15, 0.2) is 0 Å². The van der Waals surface area contributed by atoms with Gasteiger partial charge < -0.3 is 16.8 Å². The van der Waals surface area contributed by atoms with E-state index in [2.05, 4.69) is 5.32 Å². The Kier molecular flexibility index (Phi) is 4.12. The second-order valence-electron chi connectivity index (χ2n) is 5.04. The van der Waals surface area contributed by atoms with Gasteiger partial charge in [0.1, 0.15) is 5.82 Å². The SMILES string of the molecule is Cc1ccc(C(C)Nc2cc(N)ccc2C(N)=O)cc1F. The van der Waals surface area contributed by atoms with Gasteiger partial charge >= 0.3 is 0 Å². The fourth-order valence-electron chi connectivity index (χ4n) is 2.09. The van der Waals surface area contributed by atoms with Crippen molar-refractivity contribution < 1.29 is 9.18 Å². The molecule has 0 saturated carbocycles. The molecule has 0 saturated heterocycles. The topological polar surface area (TPSA) is 81.1 Å². The van der Waals surface area contributed by atoms with E-state index in [1.54, 1.807) is 31.2 Å². The van der Waals surface area contributed by atoms with Gasteiger partial charge in [0.05, 0.1) is 5.56 Å². The molecule has 2 aromatic carbocycles. The molecule has 0 bridgehead atoms. The maximum atomic E-state index is 13.6. The second kappa shape index (κ2) is 5.83. The number of rotatable bonds is 4. The van der Waals surface area contributed by atoms with Crippen molar-refractivity contribution in [1.82, 2.24) is 0 Å². The van der Waals surface area contributed by atoms with E-state index in [0.29, 0.717) is 22.5 Å². The molecule has 5 N–H and O–H groups in total. The van der Waals surface area contributed by atoms with Crippen LogP contribution in [-0.2, 0) is 0 Å². The molecule has 0 fully saturated rings. The van der Waals surface area contributed by atoms with Gasteiger partial charge in [-0.2, -0.15) is 0 Å². The first-order valence-corrected chi connectivity index (χ1v) is 6.60. The van der Waals surface area contributed by atoms with Gasteiger partial charge in [0.25, 0.3) is 5.91 Å². The van der Waals surface area contributed by atoms with Gasteiger partial charge in [0.2, 0.25) is 0 Å². The van der Waals surface area contributed by atoms with Crippen molar-refractivity contribution in [3.8, 4) is 0 Å². The van der Waals surface area contributed by atoms with E-state index in [-0.39, 0.29) is 11.9 Å². The number of nitrogens with one attached hydrogen (secondary N) is 1. The highest BCUT2D eigenvalue weighted by Gasteiger charge is 2.13. The van der Waals surface area contributed by atoms with Crippen LogP contribution in [0.3, 0.4) is 0 Å². The van der Waals surface area contributed by atoms with Crippen LogP contribution in [0.4, 0.5) is 15.8 Å². The molecule has 0 aromatic heterocycles. The van der Waals surface area contributed by atoms with Gasteiger partial charge in [-0.1, -0.05) is 12.1 Å².